The van der Waals surface area contributed by atoms with Crippen LogP contribution in [0.5, 0.6) is 5.88 Å². The number of anilines is 1. The zero-order valence-corrected chi connectivity index (χ0v) is 19.0. The number of rotatable bonds is 5. The largest absolute Gasteiger partial charge is 0.478 e. The zero-order valence-electron chi connectivity index (χ0n) is 17.5. The number of halogens is 1. The topological polar surface area (TPSA) is 115 Å². The number of hydrogen-bond donors (Lipinski definition) is 1. The van der Waals surface area contributed by atoms with E-state index >= 15 is 0 Å². The van der Waals surface area contributed by atoms with Crippen molar-refractivity contribution < 1.29 is 24.2 Å². The number of nitrogens with zero attached hydrogens (tertiary/aromatic N) is 4. The third kappa shape index (κ3) is 2.87. The number of carbonyl (C=O) groups excluding carboxylic acids is 2. The first-order chi connectivity index (χ1) is 15.8. The number of imide groups is 1. The minimum atomic E-state index is -1.15. The molecule has 11 heteroatoms. The van der Waals surface area contributed by atoms with Crippen molar-refractivity contribution in [3.8, 4) is 5.88 Å². The lowest BCUT2D eigenvalue weighted by molar-refractivity contribution is -0.134. The lowest BCUT2D eigenvalue weighted by atomic mass is 9.66. The molecule has 0 saturated carbocycles. The number of pyridine rings is 1. The van der Waals surface area contributed by atoms with Crippen LogP contribution in [0.4, 0.5) is 5.69 Å². The summed E-state index contributed by atoms with van der Waals surface area (Å²) in [7, 11) is 0. The molecule has 0 aliphatic carbocycles. The average molecular weight is 487 g/mol. The van der Waals surface area contributed by atoms with Gasteiger partial charge in [-0.2, -0.15) is 8.75 Å². The molecule has 3 fully saturated rings. The van der Waals surface area contributed by atoms with Gasteiger partial charge in [-0.05, 0) is 25.1 Å². The molecule has 3 aliphatic heterocycles. The summed E-state index contributed by atoms with van der Waals surface area (Å²) in [6, 6.07) is 8.56. The maximum Gasteiger partial charge on any atom is 0.240 e. The molecule has 2 bridgehead atoms. The number of aromatic nitrogens is 3. The Labute approximate surface area is 197 Å². The molecule has 2 amide bonds. The van der Waals surface area contributed by atoms with Gasteiger partial charge in [0.2, 0.25) is 17.7 Å². The van der Waals surface area contributed by atoms with Gasteiger partial charge in [-0.15, -0.1) is 0 Å². The van der Waals surface area contributed by atoms with Crippen molar-refractivity contribution in [1.29, 1.82) is 0 Å². The van der Waals surface area contributed by atoms with Crippen LogP contribution in [-0.2, 0) is 14.3 Å². The second-order valence-electron chi connectivity index (χ2n) is 8.86. The van der Waals surface area contributed by atoms with Crippen LogP contribution in [0.3, 0.4) is 0 Å². The van der Waals surface area contributed by atoms with Gasteiger partial charge >= 0.3 is 0 Å². The van der Waals surface area contributed by atoms with E-state index in [0.717, 1.165) is 11.7 Å². The van der Waals surface area contributed by atoms with Crippen molar-refractivity contribution in [3.05, 3.63) is 41.6 Å². The Balaban J connectivity index is 1.33. The number of amides is 2. The summed E-state index contributed by atoms with van der Waals surface area (Å²) >= 11 is 6.89. The molecular weight excluding hydrogens is 468 g/mol. The first kappa shape index (κ1) is 20.9. The van der Waals surface area contributed by atoms with E-state index in [-0.39, 0.29) is 24.8 Å². The van der Waals surface area contributed by atoms with Crippen LogP contribution in [0.2, 0.25) is 5.02 Å². The summed E-state index contributed by atoms with van der Waals surface area (Å²) in [5.41, 5.74) is -0.617. The Hall–Kier alpha value is -2.66. The fourth-order valence-corrected chi connectivity index (χ4v) is 6.27. The normalized spacial score (nSPS) is 32.7. The maximum absolute atomic E-state index is 13.7. The number of carbonyl (C=O) groups is 2. The highest BCUT2D eigenvalue weighted by Crippen LogP contribution is 2.62. The first-order valence-electron chi connectivity index (χ1n) is 10.6. The lowest BCUT2D eigenvalue weighted by Gasteiger charge is -2.33. The van der Waals surface area contributed by atoms with Crippen molar-refractivity contribution in [2.75, 3.05) is 11.5 Å². The van der Waals surface area contributed by atoms with Crippen molar-refractivity contribution in [2.24, 2.45) is 11.8 Å². The summed E-state index contributed by atoms with van der Waals surface area (Å²) in [6.07, 6.45) is 1.18. The van der Waals surface area contributed by atoms with E-state index in [2.05, 4.69) is 13.7 Å². The van der Waals surface area contributed by atoms with Gasteiger partial charge in [0.1, 0.15) is 16.6 Å². The molecule has 3 aromatic rings. The van der Waals surface area contributed by atoms with E-state index in [0.29, 0.717) is 34.0 Å². The van der Waals surface area contributed by atoms with Gasteiger partial charge in [0.15, 0.2) is 0 Å². The molecule has 9 nitrogen and oxygen atoms in total. The number of aliphatic hydroxyl groups is 1. The Morgan fingerprint density at radius 1 is 1.24 bits per heavy atom. The molecule has 1 N–H and O–H groups in total. The molecule has 0 spiro atoms. The third-order valence-corrected chi connectivity index (χ3v) is 7.86. The predicted octanol–water partition coefficient (Wildman–Crippen LogP) is 2.61. The fraction of sp³-hybridized carbons (Fsp3) is 0.409. The van der Waals surface area contributed by atoms with Crippen molar-refractivity contribution in [1.82, 2.24) is 13.7 Å². The van der Waals surface area contributed by atoms with Gasteiger partial charge in [-0.25, -0.2) is 9.88 Å². The Morgan fingerprint density at radius 3 is 2.85 bits per heavy atom. The van der Waals surface area contributed by atoms with E-state index in [1.807, 2.05) is 0 Å². The van der Waals surface area contributed by atoms with Gasteiger partial charge < -0.3 is 14.6 Å². The molecule has 1 aromatic carbocycles. The minimum Gasteiger partial charge on any atom is -0.478 e. The molecule has 5 heterocycles. The van der Waals surface area contributed by atoms with E-state index in [1.165, 1.54) is 11.1 Å². The van der Waals surface area contributed by atoms with Gasteiger partial charge in [0, 0.05) is 25.1 Å². The van der Waals surface area contributed by atoms with Crippen LogP contribution in [0.1, 0.15) is 19.8 Å². The number of aliphatic hydroxyl groups excluding tert-OH is 1. The highest BCUT2D eigenvalue weighted by atomic mass is 35.5. The van der Waals surface area contributed by atoms with Gasteiger partial charge in [-0.1, -0.05) is 17.7 Å². The number of fused-ring (bicyclic) bond motifs is 6. The SMILES string of the molecule is CC12OC(CCOc3ccc(Cl)cn3)(C[C@H]1O)[C@@H]1C(=O)N(c3cccc4nsnc34)C(=O)[C@@H]12. The molecule has 5 atom stereocenters. The molecule has 3 aliphatic rings. The van der Waals surface area contributed by atoms with Crippen molar-refractivity contribution in [2.45, 2.75) is 37.1 Å². The van der Waals surface area contributed by atoms with E-state index in [9.17, 15) is 14.7 Å². The molecule has 2 unspecified atom stereocenters. The summed E-state index contributed by atoms with van der Waals surface area (Å²) in [6.45, 7) is 1.92. The maximum atomic E-state index is 13.7. The van der Waals surface area contributed by atoms with Gasteiger partial charge in [0.25, 0.3) is 0 Å². The van der Waals surface area contributed by atoms with Crippen LogP contribution in [0.15, 0.2) is 36.5 Å². The first-order valence-corrected chi connectivity index (χ1v) is 11.7. The summed E-state index contributed by atoms with van der Waals surface area (Å²) < 4.78 is 20.6. The number of benzene rings is 1. The zero-order chi connectivity index (χ0) is 23.0. The van der Waals surface area contributed by atoms with Crippen LogP contribution in [0.25, 0.3) is 11.0 Å². The highest BCUT2D eigenvalue weighted by Gasteiger charge is 2.77. The molecule has 170 valence electrons. The predicted molar refractivity (Wildman–Crippen MR) is 119 cm³/mol. The van der Waals surface area contributed by atoms with E-state index in [4.69, 9.17) is 21.1 Å². The second-order valence-corrected chi connectivity index (χ2v) is 9.82. The summed E-state index contributed by atoms with van der Waals surface area (Å²) in [4.78, 5) is 32.6. The quantitative estimate of drug-likeness (QED) is 0.547. The van der Waals surface area contributed by atoms with E-state index in [1.54, 1.807) is 37.3 Å². The highest BCUT2D eigenvalue weighted by molar-refractivity contribution is 7.00. The van der Waals surface area contributed by atoms with Crippen LogP contribution in [-0.4, -0.2) is 54.6 Å². The van der Waals surface area contributed by atoms with Crippen LogP contribution >= 0.6 is 23.3 Å². The molecular formula is C22H19ClN4O5S. The van der Waals surface area contributed by atoms with Gasteiger partial charge in [0.05, 0.1) is 52.6 Å². The molecule has 33 heavy (non-hydrogen) atoms. The minimum absolute atomic E-state index is 0.202. The molecule has 6 rings (SSSR count). The lowest BCUT2D eigenvalue weighted by Crippen LogP contribution is -2.49. The number of hydrogen-bond acceptors (Lipinski definition) is 9. The third-order valence-electron chi connectivity index (χ3n) is 7.10. The molecule has 0 radical (unpaired) electrons. The Kier molecular flexibility index (Phi) is 4.54. The summed E-state index contributed by atoms with van der Waals surface area (Å²) in [5.74, 6) is -1.84. The Morgan fingerprint density at radius 2 is 2.06 bits per heavy atom. The molecule has 2 aromatic heterocycles. The second kappa shape index (κ2) is 7.17. The van der Waals surface area contributed by atoms with Crippen LogP contribution in [0, 0.1) is 11.8 Å². The van der Waals surface area contributed by atoms with Gasteiger partial charge in [-0.3, -0.25) is 9.59 Å². The van der Waals surface area contributed by atoms with Crippen LogP contribution < -0.4 is 9.64 Å². The van der Waals surface area contributed by atoms with E-state index < -0.39 is 29.1 Å². The number of ether oxygens (including phenoxy) is 2. The Bertz CT molecular complexity index is 1290. The fourth-order valence-electron chi connectivity index (χ4n) is 5.61. The summed E-state index contributed by atoms with van der Waals surface area (Å²) in [5, 5.41) is 11.3. The molecule has 3 saturated heterocycles. The standard InChI is InChI=1S/C22H19ClN4O5S/c1-21-14(28)9-22(32-21,7-8-31-15-6-5-11(23)10-24-15)17-16(21)19(29)27(20(17)30)13-4-2-3-12-18(13)26-33-25-12/h2-6,10,14,16-17,28H,7-9H2,1H3/t14-,16-,17+,21?,22?/m1/s1. The monoisotopic (exact) mass is 486 g/mol. The van der Waals surface area contributed by atoms with Crippen molar-refractivity contribution >= 4 is 51.9 Å². The smallest absolute Gasteiger partial charge is 0.240 e. The van der Waals surface area contributed by atoms with Crippen molar-refractivity contribution in [3.63, 3.8) is 0 Å². The average Bonchev–Trinajstić information content (AvgIpc) is 3.49.